The van der Waals surface area contributed by atoms with Gasteiger partial charge in [0.15, 0.2) is 13.1 Å². The lowest BCUT2D eigenvalue weighted by Crippen LogP contribution is -3.11. The van der Waals surface area contributed by atoms with Gasteiger partial charge in [0.1, 0.15) is 0 Å². The van der Waals surface area contributed by atoms with Crippen LogP contribution >= 0.6 is 0 Å². The Hall–Kier alpha value is -2.66. The molecule has 0 radical (unpaired) electrons. The number of hydrogen-bond acceptors (Lipinski definition) is 2. The van der Waals surface area contributed by atoms with Gasteiger partial charge in [0.25, 0.3) is 11.8 Å². The van der Waals surface area contributed by atoms with E-state index in [4.69, 9.17) is 0 Å². The van der Waals surface area contributed by atoms with Crippen LogP contribution in [0.1, 0.15) is 22.3 Å². The highest BCUT2D eigenvalue weighted by atomic mass is 16.2. The second-order valence-corrected chi connectivity index (χ2v) is 6.97. The van der Waals surface area contributed by atoms with Crippen molar-refractivity contribution in [3.05, 3.63) is 58.7 Å². The maximum Gasteiger partial charge on any atom is 0.279 e. The normalized spacial score (nSPS) is 11.7. The zero-order valence-corrected chi connectivity index (χ0v) is 16.2. The van der Waals surface area contributed by atoms with E-state index in [-0.39, 0.29) is 24.9 Å². The molecular weight excluding hydrogens is 326 g/mol. The summed E-state index contributed by atoms with van der Waals surface area (Å²) >= 11 is 0. The number of anilines is 2. The number of rotatable bonds is 6. The molecule has 2 aromatic carbocycles. The topological polar surface area (TPSA) is 62.6 Å². The van der Waals surface area contributed by atoms with Crippen LogP contribution in [0.25, 0.3) is 0 Å². The fraction of sp³-hybridized carbons (Fsp3) is 0.333. The molecule has 3 N–H and O–H groups in total. The third kappa shape index (κ3) is 5.43. The minimum absolute atomic E-state index is 0.101. The number of likely N-dealkylation sites (N-methyl/N-ethyl adjacent to an activating group) is 1. The van der Waals surface area contributed by atoms with Gasteiger partial charge >= 0.3 is 0 Å². The molecule has 0 saturated carbocycles. The average Bonchev–Trinajstić information content (AvgIpc) is 2.54. The van der Waals surface area contributed by atoms with Gasteiger partial charge in [-0.25, -0.2) is 0 Å². The summed E-state index contributed by atoms with van der Waals surface area (Å²) in [5.41, 5.74) is 6.02. The Labute approximate surface area is 155 Å². The summed E-state index contributed by atoms with van der Waals surface area (Å²) in [4.78, 5) is 25.3. The van der Waals surface area contributed by atoms with Crippen LogP contribution in [-0.2, 0) is 9.59 Å². The lowest BCUT2D eigenvalue weighted by Gasteiger charge is -2.15. The molecule has 0 aliphatic heterocycles. The largest absolute Gasteiger partial charge is 0.322 e. The highest BCUT2D eigenvalue weighted by Crippen LogP contribution is 2.17. The van der Waals surface area contributed by atoms with E-state index < -0.39 is 0 Å². The van der Waals surface area contributed by atoms with Crippen LogP contribution in [0.15, 0.2) is 36.4 Å². The molecule has 0 fully saturated rings. The standard InChI is InChI=1S/C21H27N3O2/c1-14-9-10-18(16(3)11-14)22-20(25)12-24(5)13-21(26)23-19-8-6-7-15(2)17(19)4/h6-11H,12-13H2,1-5H3,(H,22,25)(H,23,26)/p+1. The SMILES string of the molecule is Cc1ccc(NC(=O)C[NH+](C)CC(=O)Nc2cccc(C)c2C)c(C)c1. The Morgan fingerprint density at radius 1 is 0.846 bits per heavy atom. The summed E-state index contributed by atoms with van der Waals surface area (Å²) in [6.07, 6.45) is 0. The first kappa shape index (κ1) is 19.7. The van der Waals surface area contributed by atoms with E-state index >= 15 is 0 Å². The first-order valence-electron chi connectivity index (χ1n) is 8.80. The summed E-state index contributed by atoms with van der Waals surface area (Å²) < 4.78 is 0. The number of aryl methyl sites for hydroxylation is 3. The summed E-state index contributed by atoms with van der Waals surface area (Å²) in [5, 5.41) is 5.85. The molecule has 2 rings (SSSR count). The van der Waals surface area contributed by atoms with Crippen molar-refractivity contribution >= 4 is 23.2 Å². The third-order valence-corrected chi connectivity index (χ3v) is 4.46. The number of hydrogen-bond donors (Lipinski definition) is 3. The van der Waals surface area contributed by atoms with Gasteiger partial charge in [-0.05, 0) is 56.5 Å². The van der Waals surface area contributed by atoms with Crippen molar-refractivity contribution < 1.29 is 14.5 Å². The number of benzene rings is 2. The summed E-state index contributed by atoms with van der Waals surface area (Å²) in [5.74, 6) is -0.204. The van der Waals surface area contributed by atoms with E-state index in [0.717, 1.165) is 38.5 Å². The Kier molecular flexibility index (Phi) is 6.52. The third-order valence-electron chi connectivity index (χ3n) is 4.46. The maximum atomic E-state index is 12.3. The van der Waals surface area contributed by atoms with Crippen LogP contribution in [0.3, 0.4) is 0 Å². The zero-order valence-electron chi connectivity index (χ0n) is 16.2. The fourth-order valence-electron chi connectivity index (χ4n) is 2.84. The van der Waals surface area contributed by atoms with Crippen LogP contribution in [-0.4, -0.2) is 32.0 Å². The highest BCUT2D eigenvalue weighted by molar-refractivity contribution is 5.94. The van der Waals surface area contributed by atoms with Gasteiger partial charge in [-0.3, -0.25) is 9.59 Å². The van der Waals surface area contributed by atoms with Gasteiger partial charge in [0.2, 0.25) is 0 Å². The predicted molar refractivity (Wildman–Crippen MR) is 106 cm³/mol. The molecule has 2 aromatic rings. The second kappa shape index (κ2) is 8.63. The first-order chi connectivity index (χ1) is 12.3. The van der Waals surface area contributed by atoms with Gasteiger partial charge < -0.3 is 15.5 Å². The van der Waals surface area contributed by atoms with Crippen molar-refractivity contribution in [1.29, 1.82) is 0 Å². The second-order valence-electron chi connectivity index (χ2n) is 6.97. The van der Waals surface area contributed by atoms with Crippen LogP contribution in [0.2, 0.25) is 0 Å². The van der Waals surface area contributed by atoms with E-state index in [0.29, 0.717) is 0 Å². The number of carbonyl (C=O) groups excluding carboxylic acids is 2. The molecule has 0 aromatic heterocycles. The van der Waals surface area contributed by atoms with Gasteiger partial charge in [0, 0.05) is 11.4 Å². The molecule has 0 saturated heterocycles. The number of quaternary nitrogens is 1. The monoisotopic (exact) mass is 354 g/mol. The molecule has 2 amide bonds. The van der Waals surface area contributed by atoms with Crippen LogP contribution in [0, 0.1) is 27.7 Å². The predicted octanol–water partition coefficient (Wildman–Crippen LogP) is 2.01. The number of carbonyl (C=O) groups is 2. The molecule has 0 spiro atoms. The molecule has 1 unspecified atom stereocenters. The smallest absolute Gasteiger partial charge is 0.279 e. The Balaban J connectivity index is 1.87. The van der Waals surface area contributed by atoms with E-state index in [1.165, 1.54) is 0 Å². The summed E-state index contributed by atoms with van der Waals surface area (Å²) in [6, 6.07) is 11.7. The highest BCUT2D eigenvalue weighted by Gasteiger charge is 2.15. The van der Waals surface area contributed by atoms with Gasteiger partial charge in [-0.15, -0.1) is 0 Å². The Bertz CT molecular complexity index is 815. The molecular formula is C21H28N3O2+. The van der Waals surface area contributed by atoms with Crippen molar-refractivity contribution in [2.24, 2.45) is 0 Å². The van der Waals surface area contributed by atoms with Crippen LogP contribution in [0.4, 0.5) is 11.4 Å². The number of nitrogens with one attached hydrogen (secondary N) is 3. The summed E-state index contributed by atoms with van der Waals surface area (Å²) in [6.45, 7) is 8.45. The quantitative estimate of drug-likeness (QED) is 0.743. The van der Waals surface area contributed by atoms with Crippen molar-refractivity contribution in [1.82, 2.24) is 0 Å². The molecule has 0 aliphatic carbocycles. The van der Waals surface area contributed by atoms with Gasteiger partial charge in [-0.2, -0.15) is 0 Å². The van der Waals surface area contributed by atoms with Crippen molar-refractivity contribution in [3.63, 3.8) is 0 Å². The van der Waals surface area contributed by atoms with Crippen molar-refractivity contribution in [2.75, 3.05) is 30.8 Å². The maximum absolute atomic E-state index is 12.3. The minimum Gasteiger partial charge on any atom is -0.322 e. The molecule has 0 aliphatic rings. The average molecular weight is 354 g/mol. The lowest BCUT2D eigenvalue weighted by atomic mass is 10.1. The van der Waals surface area contributed by atoms with Gasteiger partial charge in [-0.1, -0.05) is 29.8 Å². The number of amides is 2. The molecule has 5 nitrogen and oxygen atoms in total. The Morgan fingerprint density at radius 2 is 1.46 bits per heavy atom. The molecule has 0 bridgehead atoms. The molecule has 26 heavy (non-hydrogen) atoms. The van der Waals surface area contributed by atoms with Crippen molar-refractivity contribution in [2.45, 2.75) is 27.7 Å². The van der Waals surface area contributed by atoms with Gasteiger partial charge in [0.05, 0.1) is 7.05 Å². The minimum atomic E-state index is -0.103. The fourth-order valence-corrected chi connectivity index (χ4v) is 2.84. The van der Waals surface area contributed by atoms with E-state index in [1.54, 1.807) is 0 Å². The van der Waals surface area contributed by atoms with E-state index in [2.05, 4.69) is 10.6 Å². The first-order valence-corrected chi connectivity index (χ1v) is 8.80. The molecule has 138 valence electrons. The van der Waals surface area contributed by atoms with E-state index in [1.807, 2.05) is 71.1 Å². The van der Waals surface area contributed by atoms with E-state index in [9.17, 15) is 9.59 Å². The van der Waals surface area contributed by atoms with Crippen molar-refractivity contribution in [3.8, 4) is 0 Å². The Morgan fingerprint density at radius 3 is 2.08 bits per heavy atom. The molecule has 0 heterocycles. The molecule has 1 atom stereocenters. The zero-order chi connectivity index (χ0) is 19.3. The van der Waals surface area contributed by atoms with Crippen LogP contribution in [0.5, 0.6) is 0 Å². The lowest BCUT2D eigenvalue weighted by molar-refractivity contribution is -0.862. The molecule has 5 heteroatoms. The summed E-state index contributed by atoms with van der Waals surface area (Å²) in [7, 11) is 1.84. The van der Waals surface area contributed by atoms with Crippen LogP contribution < -0.4 is 15.5 Å².